The molecule has 1 rings (SSSR count). The minimum Gasteiger partial charge on any atom is -0.494 e. The van der Waals surface area contributed by atoms with E-state index in [0.717, 1.165) is 13.0 Å². The summed E-state index contributed by atoms with van der Waals surface area (Å²) in [6.07, 6.45) is 1.72. The van der Waals surface area contributed by atoms with Crippen molar-refractivity contribution in [2.24, 2.45) is 0 Å². The lowest BCUT2D eigenvalue weighted by atomic mass is 9.99. The lowest BCUT2D eigenvalue weighted by Gasteiger charge is -2.28. The van der Waals surface area contributed by atoms with Gasteiger partial charge >= 0.3 is 0 Å². The van der Waals surface area contributed by atoms with E-state index in [1.54, 1.807) is 12.1 Å². The molecule has 1 unspecified atom stereocenters. The van der Waals surface area contributed by atoms with Crippen molar-refractivity contribution in [1.82, 2.24) is 5.32 Å². The van der Waals surface area contributed by atoms with Crippen LogP contribution in [0.4, 0.5) is 4.39 Å². The molecular formula is C14H22FNO2. The number of benzene rings is 1. The molecular weight excluding hydrogens is 233 g/mol. The van der Waals surface area contributed by atoms with Crippen LogP contribution in [0.5, 0.6) is 5.75 Å². The van der Waals surface area contributed by atoms with Gasteiger partial charge < -0.3 is 15.2 Å². The van der Waals surface area contributed by atoms with E-state index in [1.807, 2.05) is 6.92 Å². The standard InChI is InChI=1S/C14H22FNO2/c1-3-9-16-14(2,11-17)8-10-18-13-6-4-12(15)5-7-13/h4-7,16-17H,3,8-11H2,1-2H3. The quantitative estimate of drug-likeness (QED) is 0.749. The first-order valence-electron chi connectivity index (χ1n) is 6.34. The zero-order chi connectivity index (χ0) is 13.4. The number of aliphatic hydroxyl groups is 1. The first kappa shape index (κ1) is 14.9. The zero-order valence-corrected chi connectivity index (χ0v) is 11.1. The fourth-order valence-electron chi connectivity index (χ4n) is 1.58. The summed E-state index contributed by atoms with van der Waals surface area (Å²) < 4.78 is 18.2. The van der Waals surface area contributed by atoms with Crippen molar-refractivity contribution in [2.45, 2.75) is 32.2 Å². The van der Waals surface area contributed by atoms with Crippen LogP contribution in [0.3, 0.4) is 0 Å². The second kappa shape index (κ2) is 7.34. The lowest BCUT2D eigenvalue weighted by Crippen LogP contribution is -2.47. The van der Waals surface area contributed by atoms with Gasteiger partial charge in [-0.25, -0.2) is 4.39 Å². The van der Waals surface area contributed by atoms with Crippen molar-refractivity contribution in [1.29, 1.82) is 0 Å². The second-order valence-corrected chi connectivity index (χ2v) is 4.70. The predicted octanol–water partition coefficient (Wildman–Crippen LogP) is 2.35. The maximum Gasteiger partial charge on any atom is 0.123 e. The molecule has 0 bridgehead atoms. The first-order valence-corrected chi connectivity index (χ1v) is 6.34. The molecule has 1 aromatic carbocycles. The van der Waals surface area contributed by atoms with Crippen molar-refractivity contribution in [3.63, 3.8) is 0 Å². The summed E-state index contributed by atoms with van der Waals surface area (Å²) in [6, 6.07) is 5.95. The second-order valence-electron chi connectivity index (χ2n) is 4.70. The Labute approximate surface area is 108 Å². The van der Waals surface area contributed by atoms with E-state index in [9.17, 15) is 9.50 Å². The zero-order valence-electron chi connectivity index (χ0n) is 11.1. The highest BCUT2D eigenvalue weighted by Gasteiger charge is 2.21. The van der Waals surface area contributed by atoms with Gasteiger partial charge in [-0.1, -0.05) is 6.92 Å². The van der Waals surface area contributed by atoms with Crippen LogP contribution in [-0.2, 0) is 0 Å². The highest BCUT2D eigenvalue weighted by Crippen LogP contribution is 2.14. The van der Waals surface area contributed by atoms with Crippen molar-refractivity contribution in [3.05, 3.63) is 30.1 Å². The Morgan fingerprint density at radius 3 is 2.56 bits per heavy atom. The summed E-state index contributed by atoms with van der Waals surface area (Å²) >= 11 is 0. The maximum absolute atomic E-state index is 12.7. The SMILES string of the molecule is CCCNC(C)(CO)CCOc1ccc(F)cc1. The average molecular weight is 255 g/mol. The Balaban J connectivity index is 2.36. The Morgan fingerprint density at radius 2 is 2.00 bits per heavy atom. The van der Waals surface area contributed by atoms with E-state index in [0.29, 0.717) is 18.8 Å². The first-order chi connectivity index (χ1) is 8.59. The van der Waals surface area contributed by atoms with Crippen LogP contribution in [0, 0.1) is 5.82 Å². The number of halogens is 1. The van der Waals surface area contributed by atoms with Gasteiger partial charge in [-0.2, -0.15) is 0 Å². The van der Waals surface area contributed by atoms with E-state index >= 15 is 0 Å². The van der Waals surface area contributed by atoms with Crippen LogP contribution in [0.1, 0.15) is 26.7 Å². The van der Waals surface area contributed by atoms with Crippen LogP contribution in [-0.4, -0.2) is 30.4 Å². The molecule has 0 saturated carbocycles. The third-order valence-corrected chi connectivity index (χ3v) is 2.89. The van der Waals surface area contributed by atoms with Crippen LogP contribution < -0.4 is 10.1 Å². The summed E-state index contributed by atoms with van der Waals surface area (Å²) in [5, 5.41) is 12.7. The number of hydrogen-bond donors (Lipinski definition) is 2. The molecule has 0 heterocycles. The number of hydrogen-bond acceptors (Lipinski definition) is 3. The van der Waals surface area contributed by atoms with Crippen molar-refractivity contribution in [3.8, 4) is 5.75 Å². The van der Waals surface area contributed by atoms with Gasteiger partial charge in [0.25, 0.3) is 0 Å². The molecule has 4 heteroatoms. The molecule has 0 radical (unpaired) electrons. The monoisotopic (exact) mass is 255 g/mol. The normalized spacial score (nSPS) is 14.2. The van der Waals surface area contributed by atoms with Crippen LogP contribution in [0.2, 0.25) is 0 Å². The van der Waals surface area contributed by atoms with Gasteiger partial charge in [0, 0.05) is 12.0 Å². The highest BCUT2D eigenvalue weighted by molar-refractivity contribution is 5.21. The van der Waals surface area contributed by atoms with Gasteiger partial charge in [0.1, 0.15) is 11.6 Å². The van der Waals surface area contributed by atoms with Crippen LogP contribution in [0.15, 0.2) is 24.3 Å². The molecule has 0 fully saturated rings. The Kier molecular flexibility index (Phi) is 6.09. The lowest BCUT2D eigenvalue weighted by molar-refractivity contribution is 0.144. The molecule has 0 aliphatic heterocycles. The Morgan fingerprint density at radius 1 is 1.33 bits per heavy atom. The summed E-state index contributed by atoms with van der Waals surface area (Å²) in [7, 11) is 0. The summed E-state index contributed by atoms with van der Waals surface area (Å²) in [4.78, 5) is 0. The van der Waals surface area contributed by atoms with Gasteiger partial charge in [0.15, 0.2) is 0 Å². The largest absolute Gasteiger partial charge is 0.494 e. The number of rotatable bonds is 8. The summed E-state index contributed by atoms with van der Waals surface area (Å²) in [5.74, 6) is 0.374. The molecule has 0 aromatic heterocycles. The van der Waals surface area contributed by atoms with Crippen molar-refractivity contribution in [2.75, 3.05) is 19.8 Å². The molecule has 3 nitrogen and oxygen atoms in total. The fraction of sp³-hybridized carbons (Fsp3) is 0.571. The molecule has 0 aliphatic rings. The summed E-state index contributed by atoms with van der Waals surface area (Å²) in [5.41, 5.74) is -0.323. The van der Waals surface area contributed by atoms with E-state index in [-0.39, 0.29) is 18.0 Å². The van der Waals surface area contributed by atoms with Crippen LogP contribution in [0.25, 0.3) is 0 Å². The number of nitrogens with one attached hydrogen (secondary N) is 1. The van der Waals surface area contributed by atoms with Gasteiger partial charge in [-0.3, -0.25) is 0 Å². The highest BCUT2D eigenvalue weighted by atomic mass is 19.1. The molecule has 0 saturated heterocycles. The van der Waals surface area contributed by atoms with Crippen LogP contribution >= 0.6 is 0 Å². The average Bonchev–Trinajstić information content (AvgIpc) is 2.39. The molecule has 1 atom stereocenters. The van der Waals surface area contributed by atoms with Gasteiger partial charge in [0.2, 0.25) is 0 Å². The van der Waals surface area contributed by atoms with E-state index in [2.05, 4.69) is 12.2 Å². The predicted molar refractivity (Wildman–Crippen MR) is 70.3 cm³/mol. The topological polar surface area (TPSA) is 41.5 Å². The molecule has 18 heavy (non-hydrogen) atoms. The van der Waals surface area contributed by atoms with Crippen molar-refractivity contribution < 1.29 is 14.2 Å². The Bertz CT molecular complexity index is 342. The number of aliphatic hydroxyl groups excluding tert-OH is 1. The van der Waals surface area contributed by atoms with Gasteiger partial charge in [-0.05, 0) is 44.2 Å². The molecule has 0 spiro atoms. The Hall–Kier alpha value is -1.13. The molecule has 0 aliphatic carbocycles. The molecule has 0 amide bonds. The van der Waals surface area contributed by atoms with Crippen molar-refractivity contribution >= 4 is 0 Å². The minimum atomic E-state index is -0.323. The van der Waals surface area contributed by atoms with Gasteiger partial charge in [-0.15, -0.1) is 0 Å². The van der Waals surface area contributed by atoms with E-state index < -0.39 is 0 Å². The third kappa shape index (κ3) is 5.02. The molecule has 1 aromatic rings. The maximum atomic E-state index is 12.7. The van der Waals surface area contributed by atoms with Gasteiger partial charge in [0.05, 0.1) is 13.2 Å². The molecule has 2 N–H and O–H groups in total. The summed E-state index contributed by atoms with van der Waals surface area (Å²) in [6.45, 7) is 5.48. The van der Waals surface area contributed by atoms with E-state index in [4.69, 9.17) is 4.74 Å². The third-order valence-electron chi connectivity index (χ3n) is 2.89. The van der Waals surface area contributed by atoms with E-state index in [1.165, 1.54) is 12.1 Å². The fourth-order valence-corrected chi connectivity index (χ4v) is 1.58. The molecule has 102 valence electrons. The smallest absolute Gasteiger partial charge is 0.123 e. The minimum absolute atomic E-state index is 0.0692. The number of ether oxygens (including phenoxy) is 1.